The Morgan fingerprint density at radius 3 is 2.64 bits per heavy atom. The van der Waals surface area contributed by atoms with Gasteiger partial charge in [-0.2, -0.15) is 13.2 Å². The van der Waals surface area contributed by atoms with Crippen molar-refractivity contribution in [2.45, 2.75) is 84.2 Å². The van der Waals surface area contributed by atoms with Crippen LogP contribution in [0.4, 0.5) is 22.0 Å². The normalized spacial score (nSPS) is 25.0. The Balaban J connectivity index is 1.58. The molecular weight excluding hydrogens is 569 g/mol. The van der Waals surface area contributed by atoms with Crippen LogP contribution in [0, 0.1) is 31.6 Å². The molecule has 228 valence electrons. The van der Waals surface area contributed by atoms with Crippen molar-refractivity contribution in [1.29, 1.82) is 0 Å². The third-order valence-electron chi connectivity index (χ3n) is 8.05. The average molecular weight is 608 g/mol. The predicted octanol–water partition coefficient (Wildman–Crippen LogP) is 9.25. The highest BCUT2D eigenvalue weighted by atomic mass is 32.1. The van der Waals surface area contributed by atoms with Gasteiger partial charge in [-0.25, -0.2) is 18.8 Å². The van der Waals surface area contributed by atoms with E-state index in [1.807, 2.05) is 38.1 Å². The fraction of sp³-hybridized carbons (Fsp3) is 0.531. The van der Waals surface area contributed by atoms with Crippen LogP contribution in [0.1, 0.15) is 79.3 Å². The maximum atomic E-state index is 14.9. The third-order valence-corrected chi connectivity index (χ3v) is 9.07. The van der Waals surface area contributed by atoms with Gasteiger partial charge in [-0.15, -0.1) is 11.3 Å². The lowest BCUT2D eigenvalue weighted by molar-refractivity contribution is -0.0858. The summed E-state index contributed by atoms with van der Waals surface area (Å²) < 4.78 is 69.8. The smallest absolute Gasteiger partial charge is 0.370 e. The van der Waals surface area contributed by atoms with Crippen LogP contribution in [0.25, 0.3) is 10.4 Å². The number of aliphatic imine (C=N–C) groups is 1. The molecule has 2 unspecified atom stereocenters. The van der Waals surface area contributed by atoms with Crippen molar-refractivity contribution in [2.24, 2.45) is 22.7 Å². The highest BCUT2D eigenvalue weighted by Gasteiger charge is 2.38. The Hall–Kier alpha value is -2.88. The van der Waals surface area contributed by atoms with Gasteiger partial charge in [0.15, 0.2) is 5.78 Å². The van der Waals surface area contributed by atoms with E-state index in [-0.39, 0.29) is 49.8 Å². The van der Waals surface area contributed by atoms with Crippen LogP contribution in [0.3, 0.4) is 0 Å². The first-order valence-electron chi connectivity index (χ1n) is 14.5. The van der Waals surface area contributed by atoms with Gasteiger partial charge < -0.3 is 5.32 Å². The molecule has 1 aromatic carbocycles. The number of allylic oxidation sites excluding steroid dienone is 3. The molecule has 1 saturated carbocycles. The molecule has 3 atom stereocenters. The summed E-state index contributed by atoms with van der Waals surface area (Å²) in [5.74, 6) is -3.98. The summed E-state index contributed by atoms with van der Waals surface area (Å²) in [6.07, 6.45) is 0.864. The van der Waals surface area contributed by atoms with E-state index in [0.717, 1.165) is 33.3 Å². The van der Waals surface area contributed by atoms with E-state index in [1.54, 1.807) is 13.0 Å². The molecule has 1 aromatic heterocycles. The Morgan fingerprint density at radius 2 is 1.90 bits per heavy atom. The molecule has 4 rings (SSSR count). The van der Waals surface area contributed by atoms with E-state index in [0.29, 0.717) is 31.4 Å². The standard InChI is InChI=1S/C32H38F5N3OS/c1-20-9-7-10-24(15-20)30-28(40-22(3)42-30)29(41)23-11-8-14-31(33,34)17-21(2)25(16-23)18-38-27-13-6-4-5-12-26(19-39-27)32(35,36)37/h7,9-10,12-13,15,19,21,23,25,38H,4-6,8,11,14,16-18H2,1-3H3/b26-12-,27-13?,39-19?/t21-,23?,25?/m1/s1. The van der Waals surface area contributed by atoms with Crippen molar-refractivity contribution in [1.82, 2.24) is 10.3 Å². The number of aromatic nitrogens is 1. The second-order valence-corrected chi connectivity index (χ2v) is 12.8. The second-order valence-electron chi connectivity index (χ2n) is 11.6. The van der Waals surface area contributed by atoms with Crippen LogP contribution >= 0.6 is 11.3 Å². The van der Waals surface area contributed by atoms with Crippen molar-refractivity contribution < 1.29 is 26.7 Å². The van der Waals surface area contributed by atoms with Crippen molar-refractivity contribution in [3.63, 3.8) is 0 Å². The molecule has 1 aliphatic carbocycles. The Morgan fingerprint density at radius 1 is 1.14 bits per heavy atom. The number of hydrogen-bond acceptors (Lipinski definition) is 5. The first-order chi connectivity index (χ1) is 19.8. The SMILES string of the molecule is Cc1cccc(-c2sc(C)nc2C(=O)C2CCCC(F)(F)C[C@@H](C)C(CNC3=CCCC/C=C(\C(F)(F)F)C=N3)C2)c1. The number of rotatable bonds is 6. The van der Waals surface area contributed by atoms with Crippen LogP contribution in [0.5, 0.6) is 0 Å². The van der Waals surface area contributed by atoms with Gasteiger partial charge in [-0.05, 0) is 75.8 Å². The molecule has 42 heavy (non-hydrogen) atoms. The van der Waals surface area contributed by atoms with Crippen molar-refractivity contribution >= 4 is 23.3 Å². The van der Waals surface area contributed by atoms with Crippen molar-refractivity contribution in [3.05, 3.63) is 64.1 Å². The molecular formula is C32H38F5N3OS. The number of nitrogens with zero attached hydrogens (tertiary/aromatic N) is 2. The molecule has 2 aromatic rings. The van der Waals surface area contributed by atoms with Crippen LogP contribution in [0.2, 0.25) is 0 Å². The molecule has 1 aliphatic heterocycles. The van der Waals surface area contributed by atoms with Crippen LogP contribution in [0.15, 0.2) is 52.8 Å². The molecule has 0 radical (unpaired) electrons. The van der Waals surface area contributed by atoms with E-state index in [9.17, 15) is 26.7 Å². The minimum atomic E-state index is -4.50. The van der Waals surface area contributed by atoms with E-state index in [2.05, 4.69) is 15.3 Å². The van der Waals surface area contributed by atoms with Gasteiger partial charge in [-0.1, -0.05) is 42.8 Å². The van der Waals surface area contributed by atoms with Crippen LogP contribution in [-0.2, 0) is 0 Å². The monoisotopic (exact) mass is 607 g/mol. The summed E-state index contributed by atoms with van der Waals surface area (Å²) in [5, 5.41) is 3.89. The number of carbonyl (C=O) groups excluding carboxylic acids is 1. The number of thiazole rings is 1. The molecule has 0 spiro atoms. The van der Waals surface area contributed by atoms with E-state index >= 15 is 0 Å². The molecule has 2 aliphatic rings. The minimum absolute atomic E-state index is 0.141. The summed E-state index contributed by atoms with van der Waals surface area (Å²) >= 11 is 1.45. The summed E-state index contributed by atoms with van der Waals surface area (Å²) in [7, 11) is 0. The van der Waals surface area contributed by atoms with Gasteiger partial charge in [0.1, 0.15) is 11.5 Å². The maximum absolute atomic E-state index is 14.9. The number of alkyl halides is 5. The molecule has 0 amide bonds. The van der Waals surface area contributed by atoms with E-state index in [1.165, 1.54) is 11.3 Å². The number of aryl methyl sites for hydroxylation is 2. The van der Waals surface area contributed by atoms with Gasteiger partial charge in [-0.3, -0.25) is 4.79 Å². The zero-order chi connectivity index (χ0) is 30.5. The molecule has 1 fully saturated rings. The highest BCUT2D eigenvalue weighted by molar-refractivity contribution is 7.15. The summed E-state index contributed by atoms with van der Waals surface area (Å²) in [5.41, 5.74) is 1.54. The van der Waals surface area contributed by atoms with Gasteiger partial charge in [0.25, 0.3) is 0 Å². The largest absolute Gasteiger partial charge is 0.417 e. The summed E-state index contributed by atoms with van der Waals surface area (Å²) in [6, 6.07) is 7.86. The fourth-order valence-corrected chi connectivity index (χ4v) is 6.68. The van der Waals surface area contributed by atoms with Gasteiger partial charge in [0.2, 0.25) is 5.92 Å². The summed E-state index contributed by atoms with van der Waals surface area (Å²) in [6.45, 7) is 5.82. The lowest BCUT2D eigenvalue weighted by atomic mass is 9.80. The third kappa shape index (κ3) is 8.58. The molecule has 4 nitrogen and oxygen atoms in total. The molecule has 2 heterocycles. The lowest BCUT2D eigenvalue weighted by Crippen LogP contribution is -2.32. The molecule has 0 saturated heterocycles. The Kier molecular flexibility index (Phi) is 10.4. The molecule has 1 N–H and O–H groups in total. The fourth-order valence-electron chi connectivity index (χ4n) is 5.76. The molecule has 10 heteroatoms. The van der Waals surface area contributed by atoms with Gasteiger partial charge >= 0.3 is 6.18 Å². The highest BCUT2D eigenvalue weighted by Crippen LogP contribution is 2.40. The Labute approximate surface area is 248 Å². The number of carbonyl (C=O) groups is 1. The van der Waals surface area contributed by atoms with E-state index < -0.39 is 29.5 Å². The lowest BCUT2D eigenvalue weighted by Gasteiger charge is -2.28. The van der Waals surface area contributed by atoms with Gasteiger partial charge in [0, 0.05) is 31.5 Å². The first kappa shape index (κ1) is 32.0. The minimum Gasteiger partial charge on any atom is -0.370 e. The van der Waals surface area contributed by atoms with Crippen LogP contribution in [-0.4, -0.2) is 35.6 Å². The molecule has 0 bridgehead atoms. The number of nitrogens with one attached hydrogen (secondary N) is 1. The zero-order valence-corrected chi connectivity index (χ0v) is 25.1. The maximum Gasteiger partial charge on any atom is 0.417 e. The first-order valence-corrected chi connectivity index (χ1v) is 15.4. The topological polar surface area (TPSA) is 54.4 Å². The average Bonchev–Trinajstić information content (AvgIpc) is 3.36. The van der Waals surface area contributed by atoms with E-state index in [4.69, 9.17) is 0 Å². The van der Waals surface area contributed by atoms with Crippen LogP contribution < -0.4 is 5.32 Å². The second kappa shape index (κ2) is 13.6. The van der Waals surface area contributed by atoms with Gasteiger partial charge in [0.05, 0.1) is 15.5 Å². The number of halogens is 5. The van der Waals surface area contributed by atoms with Crippen molar-refractivity contribution in [2.75, 3.05) is 6.54 Å². The predicted molar refractivity (Wildman–Crippen MR) is 158 cm³/mol. The number of Topliss-reactive ketones (excluding diaryl/α,β-unsaturated/α-hetero) is 1. The number of benzene rings is 1. The quantitative estimate of drug-likeness (QED) is 0.263. The number of hydrogen-bond donors (Lipinski definition) is 1. The Bertz CT molecular complexity index is 1340. The van der Waals surface area contributed by atoms with Crippen molar-refractivity contribution in [3.8, 4) is 10.4 Å². The summed E-state index contributed by atoms with van der Waals surface area (Å²) in [4.78, 5) is 23.5. The zero-order valence-electron chi connectivity index (χ0n) is 24.2. The number of ketones is 1.